The van der Waals surface area contributed by atoms with E-state index in [2.05, 4.69) is 0 Å². The minimum atomic E-state index is -0.657. The molecule has 0 aliphatic heterocycles. The van der Waals surface area contributed by atoms with Crippen molar-refractivity contribution in [3.63, 3.8) is 0 Å². The number of ether oxygens (including phenoxy) is 1. The van der Waals surface area contributed by atoms with Crippen LogP contribution < -0.4 is 10.4 Å². The largest absolute Gasteiger partial charge is 0.506 e. The van der Waals surface area contributed by atoms with E-state index in [-0.39, 0.29) is 11.3 Å². The van der Waals surface area contributed by atoms with Crippen LogP contribution in [0.2, 0.25) is 5.02 Å². The molecule has 0 bridgehead atoms. The van der Waals surface area contributed by atoms with Crippen molar-refractivity contribution in [1.29, 1.82) is 0 Å². The fourth-order valence-corrected chi connectivity index (χ4v) is 2.65. The van der Waals surface area contributed by atoms with Crippen LogP contribution in [0, 0.1) is 0 Å². The minimum absolute atomic E-state index is 0.103. The highest BCUT2D eigenvalue weighted by Crippen LogP contribution is 2.35. The van der Waals surface area contributed by atoms with Crippen LogP contribution in [0.3, 0.4) is 0 Å². The van der Waals surface area contributed by atoms with E-state index in [1.54, 1.807) is 48.5 Å². The molecule has 23 heavy (non-hydrogen) atoms. The van der Waals surface area contributed by atoms with Gasteiger partial charge < -0.3 is 14.3 Å². The molecule has 0 spiro atoms. The van der Waals surface area contributed by atoms with Gasteiger partial charge in [0.05, 0.1) is 10.4 Å². The lowest BCUT2D eigenvalue weighted by Crippen LogP contribution is -2.17. The lowest BCUT2D eigenvalue weighted by Gasteiger charge is -2.19. The zero-order valence-corrected chi connectivity index (χ0v) is 13.2. The number of halogens is 1. The van der Waals surface area contributed by atoms with Gasteiger partial charge in [-0.2, -0.15) is 0 Å². The third-order valence-corrected chi connectivity index (χ3v) is 3.93. The molecule has 1 atom stereocenters. The first-order valence-corrected chi connectivity index (χ1v) is 7.65. The molecule has 1 heterocycles. The topological polar surface area (TPSA) is 59.7 Å². The summed E-state index contributed by atoms with van der Waals surface area (Å²) in [4.78, 5) is 12.3. The average molecular weight is 331 g/mol. The number of benzene rings is 2. The quantitative estimate of drug-likeness (QED) is 0.705. The number of rotatable bonds is 4. The van der Waals surface area contributed by atoms with E-state index in [4.69, 9.17) is 20.8 Å². The first kappa shape index (κ1) is 15.4. The highest BCUT2D eigenvalue weighted by molar-refractivity contribution is 6.32. The van der Waals surface area contributed by atoms with Gasteiger partial charge in [0.25, 0.3) is 0 Å². The molecule has 0 aliphatic rings. The molecule has 118 valence electrons. The Kier molecular flexibility index (Phi) is 4.26. The first-order chi connectivity index (χ1) is 11.1. The molecule has 0 fully saturated rings. The third-order valence-electron chi connectivity index (χ3n) is 3.62. The molecule has 1 aromatic heterocycles. The Morgan fingerprint density at radius 3 is 2.61 bits per heavy atom. The molecule has 0 saturated carbocycles. The van der Waals surface area contributed by atoms with Crippen molar-refractivity contribution >= 4 is 22.6 Å². The van der Waals surface area contributed by atoms with E-state index >= 15 is 0 Å². The van der Waals surface area contributed by atoms with Gasteiger partial charge in [-0.05, 0) is 30.7 Å². The molecule has 0 amide bonds. The van der Waals surface area contributed by atoms with Gasteiger partial charge in [0.15, 0.2) is 0 Å². The first-order valence-electron chi connectivity index (χ1n) is 7.27. The fraction of sp³-hybridized carbons (Fsp3) is 0.167. The normalized spacial score (nSPS) is 12.3. The number of aromatic hydroxyl groups is 1. The molecule has 0 aliphatic carbocycles. The summed E-state index contributed by atoms with van der Waals surface area (Å²) in [7, 11) is 0. The van der Waals surface area contributed by atoms with Crippen LogP contribution in [0.4, 0.5) is 0 Å². The van der Waals surface area contributed by atoms with Crippen LogP contribution in [0.5, 0.6) is 11.5 Å². The molecule has 1 N–H and O–H groups in total. The van der Waals surface area contributed by atoms with E-state index in [1.165, 1.54) is 0 Å². The van der Waals surface area contributed by atoms with Crippen LogP contribution >= 0.6 is 11.6 Å². The maximum atomic E-state index is 12.3. The van der Waals surface area contributed by atoms with E-state index in [1.807, 2.05) is 6.92 Å². The van der Waals surface area contributed by atoms with Crippen molar-refractivity contribution < 1.29 is 14.3 Å². The summed E-state index contributed by atoms with van der Waals surface area (Å²) in [5.41, 5.74) is -0.169. The third kappa shape index (κ3) is 2.90. The van der Waals surface area contributed by atoms with E-state index < -0.39 is 11.7 Å². The van der Waals surface area contributed by atoms with E-state index in [9.17, 15) is 9.90 Å². The highest BCUT2D eigenvalue weighted by Gasteiger charge is 2.24. The summed E-state index contributed by atoms with van der Waals surface area (Å²) < 4.78 is 11.1. The van der Waals surface area contributed by atoms with Crippen molar-refractivity contribution in [3.05, 3.63) is 69.5 Å². The summed E-state index contributed by atoms with van der Waals surface area (Å²) in [5, 5.41) is 11.4. The predicted octanol–water partition coefficient (Wildman–Crippen LogP) is 4.68. The van der Waals surface area contributed by atoms with Crippen LogP contribution in [-0.4, -0.2) is 5.11 Å². The van der Waals surface area contributed by atoms with Gasteiger partial charge in [-0.25, -0.2) is 4.79 Å². The Morgan fingerprint density at radius 2 is 1.87 bits per heavy atom. The molecule has 1 unspecified atom stereocenters. The van der Waals surface area contributed by atoms with Crippen molar-refractivity contribution in [2.45, 2.75) is 19.4 Å². The van der Waals surface area contributed by atoms with Crippen molar-refractivity contribution in [3.8, 4) is 11.5 Å². The second-order valence-corrected chi connectivity index (χ2v) is 5.50. The lowest BCUT2D eigenvalue weighted by atomic mass is 10.1. The Morgan fingerprint density at radius 1 is 1.17 bits per heavy atom. The van der Waals surface area contributed by atoms with Gasteiger partial charge in [-0.1, -0.05) is 42.8 Å². The molecule has 3 rings (SSSR count). The van der Waals surface area contributed by atoms with Crippen molar-refractivity contribution in [2.75, 3.05) is 0 Å². The van der Waals surface area contributed by atoms with Crippen molar-refractivity contribution in [2.24, 2.45) is 0 Å². The van der Waals surface area contributed by atoms with Gasteiger partial charge in [0.1, 0.15) is 28.7 Å². The fourth-order valence-electron chi connectivity index (χ4n) is 2.47. The summed E-state index contributed by atoms with van der Waals surface area (Å²) in [6.45, 7) is 1.86. The summed E-state index contributed by atoms with van der Waals surface area (Å²) >= 11 is 6.10. The van der Waals surface area contributed by atoms with Gasteiger partial charge >= 0.3 is 5.63 Å². The smallest absolute Gasteiger partial charge is 0.347 e. The van der Waals surface area contributed by atoms with Crippen LogP contribution in [-0.2, 0) is 0 Å². The molecule has 2 aromatic carbocycles. The summed E-state index contributed by atoms with van der Waals surface area (Å²) in [6, 6.07) is 13.8. The van der Waals surface area contributed by atoms with Gasteiger partial charge in [-0.15, -0.1) is 0 Å². The Balaban J connectivity index is 2.10. The number of hydrogen-bond donors (Lipinski definition) is 1. The zero-order valence-electron chi connectivity index (χ0n) is 12.5. The van der Waals surface area contributed by atoms with E-state index in [0.29, 0.717) is 28.2 Å². The highest BCUT2D eigenvalue weighted by atomic mass is 35.5. The molecule has 0 saturated heterocycles. The standard InChI is InChI=1S/C18H15ClO4/c1-2-13(22-15-10-6-4-8-12(15)19)16-17(20)11-7-3-5-9-14(11)23-18(16)21/h3-10,13,20H,2H2,1H3. The SMILES string of the molecule is CCC(Oc1ccccc1Cl)c1c(O)c2ccccc2oc1=O. The average Bonchev–Trinajstić information content (AvgIpc) is 2.55. The monoisotopic (exact) mass is 330 g/mol. The molecule has 5 heteroatoms. The second kappa shape index (κ2) is 6.34. The summed E-state index contributed by atoms with van der Waals surface area (Å²) in [5.74, 6) is 0.337. The maximum absolute atomic E-state index is 12.3. The Bertz CT molecular complexity index is 901. The molecular formula is C18H15ClO4. The Labute approximate surface area is 137 Å². The van der Waals surface area contributed by atoms with Crippen molar-refractivity contribution in [1.82, 2.24) is 0 Å². The van der Waals surface area contributed by atoms with Gasteiger partial charge in [-0.3, -0.25) is 0 Å². The zero-order chi connectivity index (χ0) is 16.4. The summed E-state index contributed by atoms with van der Waals surface area (Å²) in [6.07, 6.45) is -0.183. The lowest BCUT2D eigenvalue weighted by molar-refractivity contribution is 0.192. The van der Waals surface area contributed by atoms with E-state index in [0.717, 1.165) is 0 Å². The Hall–Kier alpha value is -2.46. The number of hydrogen-bond acceptors (Lipinski definition) is 4. The minimum Gasteiger partial charge on any atom is -0.506 e. The second-order valence-electron chi connectivity index (χ2n) is 5.09. The van der Waals surface area contributed by atoms with Gasteiger partial charge in [0.2, 0.25) is 0 Å². The maximum Gasteiger partial charge on any atom is 0.347 e. The van der Waals surface area contributed by atoms with Crippen LogP contribution in [0.25, 0.3) is 11.0 Å². The molecule has 4 nitrogen and oxygen atoms in total. The number of fused-ring (bicyclic) bond motifs is 1. The predicted molar refractivity (Wildman–Crippen MR) is 89.3 cm³/mol. The van der Waals surface area contributed by atoms with Crippen LogP contribution in [0.1, 0.15) is 25.0 Å². The molecule has 0 radical (unpaired) electrons. The number of para-hydroxylation sites is 2. The molecular weight excluding hydrogens is 316 g/mol. The van der Waals surface area contributed by atoms with Gasteiger partial charge in [0, 0.05) is 0 Å². The van der Waals surface area contributed by atoms with Crippen LogP contribution in [0.15, 0.2) is 57.7 Å². The molecule has 3 aromatic rings.